The van der Waals surface area contributed by atoms with Crippen molar-refractivity contribution in [3.63, 3.8) is 0 Å². The lowest BCUT2D eigenvalue weighted by molar-refractivity contribution is 0.317. The van der Waals surface area contributed by atoms with E-state index in [1.807, 2.05) is 12.1 Å². The number of hydrogen-bond donors (Lipinski definition) is 1. The van der Waals surface area contributed by atoms with Gasteiger partial charge in [-0.1, -0.05) is 38.2 Å². The van der Waals surface area contributed by atoms with Crippen LogP contribution in [-0.2, 0) is 0 Å². The van der Waals surface area contributed by atoms with Gasteiger partial charge in [0.1, 0.15) is 0 Å². The van der Waals surface area contributed by atoms with E-state index in [2.05, 4.69) is 30.3 Å². The Morgan fingerprint density at radius 1 is 1.35 bits per heavy atom. The van der Waals surface area contributed by atoms with Crippen molar-refractivity contribution in [3.05, 3.63) is 29.8 Å². The maximum atomic E-state index is 5.43. The van der Waals surface area contributed by atoms with Gasteiger partial charge >= 0.3 is 0 Å². The molecule has 1 aromatic rings. The van der Waals surface area contributed by atoms with Gasteiger partial charge in [-0.25, -0.2) is 0 Å². The molecule has 1 saturated carbocycles. The SMILES string of the molecule is C#Cc1cccc(NC2CCCCC2CC)c1. The monoisotopic (exact) mass is 227 g/mol. The van der Waals surface area contributed by atoms with Crippen LogP contribution in [0.4, 0.5) is 5.69 Å². The Balaban J connectivity index is 2.06. The molecule has 0 aliphatic heterocycles. The Morgan fingerprint density at radius 2 is 2.18 bits per heavy atom. The van der Waals surface area contributed by atoms with Gasteiger partial charge in [-0.05, 0) is 37.0 Å². The van der Waals surface area contributed by atoms with Gasteiger partial charge in [0.15, 0.2) is 0 Å². The third-order valence-electron chi connectivity index (χ3n) is 3.81. The van der Waals surface area contributed by atoms with Gasteiger partial charge in [-0.15, -0.1) is 6.42 Å². The van der Waals surface area contributed by atoms with E-state index >= 15 is 0 Å². The summed E-state index contributed by atoms with van der Waals surface area (Å²) in [6.07, 6.45) is 12.1. The summed E-state index contributed by atoms with van der Waals surface area (Å²) in [5, 5.41) is 3.66. The minimum Gasteiger partial charge on any atom is -0.382 e. The van der Waals surface area contributed by atoms with Crippen LogP contribution in [0.15, 0.2) is 24.3 Å². The van der Waals surface area contributed by atoms with Crippen LogP contribution in [0.3, 0.4) is 0 Å². The quantitative estimate of drug-likeness (QED) is 0.768. The second-order valence-electron chi connectivity index (χ2n) is 4.93. The van der Waals surface area contributed by atoms with E-state index in [1.54, 1.807) is 0 Å². The fourth-order valence-corrected chi connectivity index (χ4v) is 2.80. The number of terminal acetylenes is 1. The summed E-state index contributed by atoms with van der Waals surface area (Å²) in [5.74, 6) is 3.51. The maximum absolute atomic E-state index is 5.43. The Bertz CT molecular complexity index is 402. The number of anilines is 1. The van der Waals surface area contributed by atoms with E-state index in [-0.39, 0.29) is 0 Å². The van der Waals surface area contributed by atoms with Crippen molar-refractivity contribution >= 4 is 5.69 Å². The molecule has 2 rings (SSSR count). The van der Waals surface area contributed by atoms with Crippen LogP contribution in [0, 0.1) is 18.3 Å². The lowest BCUT2D eigenvalue weighted by Gasteiger charge is -2.32. The van der Waals surface area contributed by atoms with Crippen LogP contribution in [0.25, 0.3) is 0 Å². The first kappa shape index (κ1) is 12.0. The van der Waals surface area contributed by atoms with Crippen LogP contribution in [0.2, 0.25) is 0 Å². The van der Waals surface area contributed by atoms with E-state index in [0.29, 0.717) is 6.04 Å². The molecule has 1 aromatic carbocycles. The third kappa shape index (κ3) is 3.03. The molecule has 0 aromatic heterocycles. The lowest BCUT2D eigenvalue weighted by Crippen LogP contribution is -2.31. The van der Waals surface area contributed by atoms with Crippen LogP contribution < -0.4 is 5.32 Å². The van der Waals surface area contributed by atoms with Crippen molar-refractivity contribution < 1.29 is 0 Å². The zero-order valence-corrected chi connectivity index (χ0v) is 10.6. The molecule has 1 nitrogen and oxygen atoms in total. The summed E-state index contributed by atoms with van der Waals surface area (Å²) in [6, 6.07) is 8.82. The molecule has 1 fully saturated rings. The first-order valence-electron chi connectivity index (χ1n) is 6.66. The largest absolute Gasteiger partial charge is 0.382 e. The first-order chi connectivity index (χ1) is 8.33. The van der Waals surface area contributed by atoms with Gasteiger partial charge < -0.3 is 5.32 Å². The second-order valence-corrected chi connectivity index (χ2v) is 4.93. The number of nitrogens with one attached hydrogen (secondary N) is 1. The molecule has 1 aliphatic rings. The molecule has 1 N–H and O–H groups in total. The lowest BCUT2D eigenvalue weighted by atomic mass is 9.83. The molecular weight excluding hydrogens is 206 g/mol. The molecule has 90 valence electrons. The molecule has 0 heterocycles. The summed E-state index contributed by atoms with van der Waals surface area (Å²) < 4.78 is 0. The van der Waals surface area contributed by atoms with Crippen LogP contribution in [-0.4, -0.2) is 6.04 Å². The van der Waals surface area contributed by atoms with E-state index in [1.165, 1.54) is 37.8 Å². The molecule has 0 amide bonds. The third-order valence-corrected chi connectivity index (χ3v) is 3.81. The predicted octanol–water partition coefficient (Wildman–Crippen LogP) is 4.05. The Kier molecular flexibility index (Phi) is 4.09. The zero-order valence-electron chi connectivity index (χ0n) is 10.6. The molecule has 1 heteroatoms. The summed E-state index contributed by atoms with van der Waals surface area (Å²) in [6.45, 7) is 2.29. The summed E-state index contributed by atoms with van der Waals surface area (Å²) in [4.78, 5) is 0. The molecule has 0 spiro atoms. The number of hydrogen-bond acceptors (Lipinski definition) is 1. The van der Waals surface area contributed by atoms with E-state index < -0.39 is 0 Å². The Hall–Kier alpha value is -1.42. The number of benzene rings is 1. The minimum absolute atomic E-state index is 0.627. The van der Waals surface area contributed by atoms with Crippen LogP contribution in [0.1, 0.15) is 44.6 Å². The molecule has 2 atom stereocenters. The zero-order chi connectivity index (χ0) is 12.1. The van der Waals surface area contributed by atoms with E-state index in [9.17, 15) is 0 Å². The van der Waals surface area contributed by atoms with Crippen molar-refractivity contribution in [1.29, 1.82) is 0 Å². The molecule has 1 aliphatic carbocycles. The van der Waals surface area contributed by atoms with Crippen molar-refractivity contribution in [1.82, 2.24) is 0 Å². The van der Waals surface area contributed by atoms with Crippen LogP contribution in [0.5, 0.6) is 0 Å². The van der Waals surface area contributed by atoms with E-state index in [0.717, 1.165) is 11.5 Å². The highest BCUT2D eigenvalue weighted by atomic mass is 14.9. The molecule has 2 unspecified atom stereocenters. The predicted molar refractivity (Wildman–Crippen MR) is 74.0 cm³/mol. The highest BCUT2D eigenvalue weighted by Gasteiger charge is 2.23. The van der Waals surface area contributed by atoms with Crippen molar-refractivity contribution in [3.8, 4) is 12.3 Å². The average molecular weight is 227 g/mol. The van der Waals surface area contributed by atoms with Gasteiger partial charge in [0, 0.05) is 17.3 Å². The second kappa shape index (κ2) is 5.77. The van der Waals surface area contributed by atoms with Gasteiger partial charge in [-0.2, -0.15) is 0 Å². The molecule has 0 saturated heterocycles. The van der Waals surface area contributed by atoms with Gasteiger partial charge in [0.05, 0.1) is 0 Å². The minimum atomic E-state index is 0.627. The Morgan fingerprint density at radius 3 is 2.94 bits per heavy atom. The molecule has 0 radical (unpaired) electrons. The summed E-state index contributed by atoms with van der Waals surface area (Å²) in [5.41, 5.74) is 2.13. The van der Waals surface area contributed by atoms with Crippen LogP contribution >= 0.6 is 0 Å². The topological polar surface area (TPSA) is 12.0 Å². The summed E-state index contributed by atoms with van der Waals surface area (Å²) in [7, 11) is 0. The number of rotatable bonds is 3. The van der Waals surface area contributed by atoms with Gasteiger partial charge in [0.2, 0.25) is 0 Å². The Labute approximate surface area is 105 Å². The van der Waals surface area contributed by atoms with Crippen molar-refractivity contribution in [2.24, 2.45) is 5.92 Å². The highest BCUT2D eigenvalue weighted by molar-refractivity contribution is 5.50. The molecular formula is C16H21N. The van der Waals surface area contributed by atoms with Gasteiger partial charge in [0.25, 0.3) is 0 Å². The molecule has 0 bridgehead atoms. The standard InChI is InChI=1S/C16H21N/c1-3-13-8-7-10-15(12-13)17-16-11-6-5-9-14(16)4-2/h1,7-8,10,12,14,16-17H,4-6,9,11H2,2H3. The fourth-order valence-electron chi connectivity index (χ4n) is 2.80. The maximum Gasteiger partial charge on any atom is 0.0354 e. The smallest absolute Gasteiger partial charge is 0.0354 e. The molecule has 17 heavy (non-hydrogen) atoms. The van der Waals surface area contributed by atoms with Crippen molar-refractivity contribution in [2.75, 3.05) is 5.32 Å². The fraction of sp³-hybridized carbons (Fsp3) is 0.500. The van der Waals surface area contributed by atoms with Crippen molar-refractivity contribution in [2.45, 2.75) is 45.1 Å². The first-order valence-corrected chi connectivity index (χ1v) is 6.66. The van der Waals surface area contributed by atoms with Gasteiger partial charge in [-0.3, -0.25) is 0 Å². The average Bonchev–Trinajstić information content (AvgIpc) is 2.39. The van der Waals surface area contributed by atoms with E-state index in [4.69, 9.17) is 6.42 Å². The highest BCUT2D eigenvalue weighted by Crippen LogP contribution is 2.29. The summed E-state index contributed by atoms with van der Waals surface area (Å²) >= 11 is 0. The normalized spacial score (nSPS) is 24.0.